The summed E-state index contributed by atoms with van der Waals surface area (Å²) in [7, 11) is 0.0740. The fourth-order valence-corrected chi connectivity index (χ4v) is 3.01. The average molecular weight is 397 g/mol. The summed E-state index contributed by atoms with van der Waals surface area (Å²) in [6.07, 6.45) is -4.76. The molecule has 1 aromatic carbocycles. The number of carbonyl (C=O) groups is 1. The van der Waals surface area contributed by atoms with Gasteiger partial charge in [-0.2, -0.15) is 13.2 Å². The first-order chi connectivity index (χ1) is 12.8. The monoisotopic (exact) mass is 397 g/mol. The van der Waals surface area contributed by atoms with Gasteiger partial charge in [0.05, 0.1) is 34.8 Å². The fourth-order valence-electron chi connectivity index (χ4n) is 3.01. The molecular weight excluding hydrogens is 378 g/mol. The third-order valence-electron chi connectivity index (χ3n) is 5.24. The first-order valence-corrected chi connectivity index (χ1v) is 8.49. The zero-order chi connectivity index (χ0) is 21.1. The van der Waals surface area contributed by atoms with E-state index in [1.54, 1.807) is 27.7 Å². The number of fused-ring (bicyclic) bond motifs is 1. The van der Waals surface area contributed by atoms with Gasteiger partial charge in [-0.25, -0.2) is 4.79 Å². The van der Waals surface area contributed by atoms with E-state index in [9.17, 15) is 22.8 Å². The van der Waals surface area contributed by atoms with Crippen molar-refractivity contribution in [2.24, 2.45) is 0 Å². The lowest BCUT2D eigenvalue weighted by Crippen LogP contribution is -2.41. The second-order valence-corrected chi connectivity index (χ2v) is 7.58. The lowest BCUT2D eigenvalue weighted by atomic mass is 9.76. The van der Waals surface area contributed by atoms with Gasteiger partial charge in [0.25, 0.3) is 0 Å². The smallest absolute Gasteiger partial charge is 0.464 e. The Labute approximate surface area is 159 Å². The van der Waals surface area contributed by atoms with Crippen LogP contribution in [0.3, 0.4) is 0 Å². The molecule has 2 heterocycles. The third kappa shape index (κ3) is 3.20. The molecule has 3 rings (SSSR count). The maximum absolute atomic E-state index is 13.5. The van der Waals surface area contributed by atoms with E-state index >= 15 is 0 Å². The number of methoxy groups -OCH3 is 1. The van der Waals surface area contributed by atoms with E-state index in [0.717, 1.165) is 19.2 Å². The van der Waals surface area contributed by atoms with Gasteiger partial charge in [-0.15, -0.1) is 0 Å². The predicted molar refractivity (Wildman–Crippen MR) is 96.6 cm³/mol. The van der Waals surface area contributed by atoms with Gasteiger partial charge in [0, 0.05) is 11.5 Å². The molecule has 150 valence electrons. The lowest BCUT2D eigenvalue weighted by Gasteiger charge is -2.32. The van der Waals surface area contributed by atoms with Gasteiger partial charge in [-0.1, -0.05) is 6.07 Å². The van der Waals surface area contributed by atoms with Crippen LogP contribution in [-0.2, 0) is 20.2 Å². The Balaban J connectivity index is 2.31. The third-order valence-corrected chi connectivity index (χ3v) is 5.24. The minimum absolute atomic E-state index is 0.179. The Morgan fingerprint density at radius 1 is 1.14 bits per heavy atom. The van der Waals surface area contributed by atoms with Crippen LogP contribution in [0.25, 0.3) is 10.9 Å². The van der Waals surface area contributed by atoms with Crippen molar-refractivity contribution in [2.45, 2.75) is 45.1 Å². The highest BCUT2D eigenvalue weighted by Crippen LogP contribution is 2.38. The molecule has 6 nitrogen and oxygen atoms in total. The number of aromatic nitrogens is 1. The van der Waals surface area contributed by atoms with Crippen LogP contribution in [-0.4, -0.2) is 36.4 Å². The number of hydrogen-bond donors (Lipinski definition) is 1. The summed E-state index contributed by atoms with van der Waals surface area (Å²) in [6, 6.07) is 2.79. The predicted octanol–water partition coefficient (Wildman–Crippen LogP) is 2.63. The molecule has 1 N–H and O–H groups in total. The van der Waals surface area contributed by atoms with Crippen LogP contribution >= 0.6 is 0 Å². The molecule has 2 aromatic rings. The number of H-pyrrole nitrogens is 1. The molecule has 10 heteroatoms. The summed E-state index contributed by atoms with van der Waals surface area (Å²) in [4.78, 5) is 26.9. The van der Waals surface area contributed by atoms with Gasteiger partial charge in [0.2, 0.25) is 0 Å². The number of alkyl halides is 3. The first kappa shape index (κ1) is 20.4. The van der Waals surface area contributed by atoms with E-state index in [4.69, 9.17) is 9.31 Å². The zero-order valence-electron chi connectivity index (χ0n) is 16.0. The summed E-state index contributed by atoms with van der Waals surface area (Å²) in [5, 5.41) is -0.590. The normalized spacial score (nSPS) is 18.5. The summed E-state index contributed by atoms with van der Waals surface area (Å²) in [5.41, 5.74) is -3.82. The molecule has 0 amide bonds. The van der Waals surface area contributed by atoms with Crippen LogP contribution in [0.2, 0.25) is 0 Å². The van der Waals surface area contributed by atoms with Crippen LogP contribution in [0.4, 0.5) is 13.2 Å². The van der Waals surface area contributed by atoms with Crippen LogP contribution < -0.4 is 10.9 Å². The molecule has 0 atom stereocenters. The molecule has 1 aliphatic heterocycles. The number of carbonyl (C=O) groups excluding carboxylic acids is 1. The number of benzene rings is 1. The van der Waals surface area contributed by atoms with Crippen molar-refractivity contribution in [3.63, 3.8) is 0 Å². The Morgan fingerprint density at radius 3 is 2.21 bits per heavy atom. The first-order valence-electron chi connectivity index (χ1n) is 8.49. The van der Waals surface area contributed by atoms with Crippen LogP contribution in [0.5, 0.6) is 0 Å². The molecule has 1 aromatic heterocycles. The fraction of sp³-hybridized carbons (Fsp3) is 0.444. The van der Waals surface area contributed by atoms with Crippen molar-refractivity contribution in [2.75, 3.05) is 7.11 Å². The highest BCUT2D eigenvalue weighted by Gasteiger charge is 2.52. The highest BCUT2D eigenvalue weighted by molar-refractivity contribution is 6.65. The van der Waals surface area contributed by atoms with E-state index in [1.807, 2.05) is 0 Å². The quantitative estimate of drug-likeness (QED) is 0.623. The van der Waals surface area contributed by atoms with E-state index in [-0.39, 0.29) is 16.7 Å². The van der Waals surface area contributed by atoms with Crippen molar-refractivity contribution < 1.29 is 32.0 Å². The largest absolute Gasteiger partial charge is 0.497 e. The molecule has 1 saturated heterocycles. The van der Waals surface area contributed by atoms with Crippen molar-refractivity contribution in [1.82, 2.24) is 4.98 Å². The lowest BCUT2D eigenvalue weighted by molar-refractivity contribution is -0.136. The molecular formula is C18H19BF3NO5. The summed E-state index contributed by atoms with van der Waals surface area (Å²) in [6.45, 7) is 7.17. The number of aromatic amines is 1. The summed E-state index contributed by atoms with van der Waals surface area (Å²) >= 11 is 0. The van der Waals surface area contributed by atoms with Crippen molar-refractivity contribution in [3.05, 3.63) is 39.7 Å². The van der Waals surface area contributed by atoms with Gasteiger partial charge < -0.3 is 19.0 Å². The van der Waals surface area contributed by atoms with Gasteiger partial charge in [0.1, 0.15) is 5.69 Å². The van der Waals surface area contributed by atoms with Gasteiger partial charge in [-0.3, -0.25) is 4.79 Å². The van der Waals surface area contributed by atoms with E-state index in [1.165, 1.54) is 6.07 Å². The Morgan fingerprint density at radius 2 is 1.71 bits per heavy atom. The summed E-state index contributed by atoms with van der Waals surface area (Å²) in [5.74, 6) is -0.878. The Kier molecular flexibility index (Phi) is 4.63. The van der Waals surface area contributed by atoms with Crippen molar-refractivity contribution in [3.8, 4) is 0 Å². The SMILES string of the molecule is COC(=O)c1cc(=O)c2c(C(F)(F)F)ccc(B3OC(C)(C)C(C)(C)O3)c2[nH]1. The number of pyridine rings is 1. The van der Waals surface area contributed by atoms with Crippen LogP contribution in [0, 0.1) is 0 Å². The van der Waals surface area contributed by atoms with E-state index in [0.29, 0.717) is 0 Å². The van der Waals surface area contributed by atoms with Gasteiger partial charge in [-0.05, 0) is 33.8 Å². The molecule has 1 aliphatic rings. The molecule has 0 spiro atoms. The number of halogens is 3. The molecule has 0 radical (unpaired) electrons. The molecule has 28 heavy (non-hydrogen) atoms. The zero-order valence-corrected chi connectivity index (χ0v) is 16.0. The summed E-state index contributed by atoms with van der Waals surface area (Å²) < 4.78 is 56.8. The van der Waals surface area contributed by atoms with Crippen molar-refractivity contribution >= 4 is 29.5 Å². The standard InChI is InChI=1S/C18H19BF3NO5/c1-16(2)17(3,4)28-19(27-16)10-7-6-9(18(20,21)22)13-12(24)8-11(15(25)26-5)23-14(10)13/h6-8H,1-5H3,(H,23,24). The molecule has 0 aliphatic carbocycles. The minimum atomic E-state index is -4.76. The molecule has 0 unspecified atom stereocenters. The number of nitrogens with one attached hydrogen (secondary N) is 1. The molecule has 0 bridgehead atoms. The van der Waals surface area contributed by atoms with Crippen LogP contribution in [0.15, 0.2) is 23.0 Å². The molecule has 0 saturated carbocycles. The Bertz CT molecular complexity index is 997. The number of esters is 1. The number of rotatable bonds is 2. The highest BCUT2D eigenvalue weighted by atomic mass is 19.4. The van der Waals surface area contributed by atoms with E-state index < -0.39 is 46.8 Å². The maximum Gasteiger partial charge on any atom is 0.497 e. The van der Waals surface area contributed by atoms with E-state index in [2.05, 4.69) is 9.72 Å². The van der Waals surface area contributed by atoms with Crippen LogP contribution in [0.1, 0.15) is 43.7 Å². The Hall–Kier alpha value is -2.33. The maximum atomic E-state index is 13.5. The second-order valence-electron chi connectivity index (χ2n) is 7.58. The number of hydrogen-bond acceptors (Lipinski definition) is 5. The minimum Gasteiger partial charge on any atom is -0.464 e. The topological polar surface area (TPSA) is 77.6 Å². The van der Waals surface area contributed by atoms with Gasteiger partial charge in [0.15, 0.2) is 5.43 Å². The second kappa shape index (κ2) is 6.35. The number of ether oxygens (including phenoxy) is 1. The average Bonchev–Trinajstić information content (AvgIpc) is 2.79. The van der Waals surface area contributed by atoms with Gasteiger partial charge >= 0.3 is 19.3 Å². The van der Waals surface area contributed by atoms with Crippen molar-refractivity contribution in [1.29, 1.82) is 0 Å². The molecule has 1 fully saturated rings.